The highest BCUT2D eigenvalue weighted by Gasteiger charge is 2.06. The SMILES string of the molecule is CCc1cc(OC(C)C)cc(C)c1O. The van der Waals surface area contributed by atoms with Crippen molar-refractivity contribution in [2.45, 2.75) is 40.2 Å². The molecule has 1 aromatic rings. The molecule has 0 unspecified atom stereocenters. The lowest BCUT2D eigenvalue weighted by molar-refractivity contribution is 0.241. The van der Waals surface area contributed by atoms with Crippen LogP contribution in [0.15, 0.2) is 12.1 Å². The van der Waals surface area contributed by atoms with E-state index in [9.17, 15) is 5.11 Å². The van der Waals surface area contributed by atoms with E-state index < -0.39 is 0 Å². The maximum Gasteiger partial charge on any atom is 0.121 e. The van der Waals surface area contributed by atoms with Crippen LogP contribution < -0.4 is 4.74 Å². The summed E-state index contributed by atoms with van der Waals surface area (Å²) in [5.41, 5.74) is 1.82. The van der Waals surface area contributed by atoms with Crippen LogP contribution in [0.4, 0.5) is 0 Å². The standard InChI is InChI=1S/C12H18O2/c1-5-10-7-11(14-8(2)3)6-9(4)12(10)13/h6-8,13H,5H2,1-4H3. The van der Waals surface area contributed by atoms with E-state index in [1.165, 1.54) is 0 Å². The Hall–Kier alpha value is -1.18. The highest BCUT2D eigenvalue weighted by molar-refractivity contribution is 5.45. The summed E-state index contributed by atoms with van der Waals surface area (Å²) in [6.07, 6.45) is 0.991. The van der Waals surface area contributed by atoms with Crippen molar-refractivity contribution >= 4 is 0 Å². The molecular formula is C12H18O2. The van der Waals surface area contributed by atoms with Crippen LogP contribution >= 0.6 is 0 Å². The molecule has 0 saturated heterocycles. The number of aromatic hydroxyl groups is 1. The Morgan fingerprint density at radius 1 is 1.36 bits per heavy atom. The molecule has 0 bridgehead atoms. The highest BCUT2D eigenvalue weighted by atomic mass is 16.5. The van der Waals surface area contributed by atoms with Gasteiger partial charge >= 0.3 is 0 Å². The second-order valence-electron chi connectivity index (χ2n) is 3.77. The average molecular weight is 194 g/mol. The van der Waals surface area contributed by atoms with Gasteiger partial charge in [0.1, 0.15) is 11.5 Å². The molecule has 0 aliphatic rings. The highest BCUT2D eigenvalue weighted by Crippen LogP contribution is 2.28. The third-order valence-corrected chi connectivity index (χ3v) is 2.11. The number of rotatable bonds is 3. The van der Waals surface area contributed by atoms with Crippen molar-refractivity contribution in [3.05, 3.63) is 23.3 Å². The van der Waals surface area contributed by atoms with Crippen LogP contribution in [-0.2, 0) is 6.42 Å². The largest absolute Gasteiger partial charge is 0.507 e. The molecule has 0 radical (unpaired) electrons. The van der Waals surface area contributed by atoms with Gasteiger partial charge in [0.2, 0.25) is 0 Å². The van der Waals surface area contributed by atoms with Crippen molar-refractivity contribution in [1.82, 2.24) is 0 Å². The topological polar surface area (TPSA) is 29.5 Å². The molecule has 0 amide bonds. The van der Waals surface area contributed by atoms with Crippen molar-refractivity contribution in [1.29, 1.82) is 0 Å². The van der Waals surface area contributed by atoms with Gasteiger partial charge in [-0.05, 0) is 50.5 Å². The molecule has 2 heteroatoms. The zero-order valence-electron chi connectivity index (χ0n) is 9.29. The van der Waals surface area contributed by atoms with E-state index in [-0.39, 0.29) is 6.10 Å². The molecule has 1 rings (SSSR count). The van der Waals surface area contributed by atoms with Crippen molar-refractivity contribution in [2.75, 3.05) is 0 Å². The maximum atomic E-state index is 9.70. The fourth-order valence-corrected chi connectivity index (χ4v) is 1.43. The summed E-state index contributed by atoms with van der Waals surface area (Å²) < 4.78 is 5.58. The number of phenolic OH excluding ortho intramolecular Hbond substituents is 1. The van der Waals surface area contributed by atoms with Crippen molar-refractivity contribution in [3.8, 4) is 11.5 Å². The first-order valence-electron chi connectivity index (χ1n) is 5.03. The Morgan fingerprint density at radius 3 is 2.50 bits per heavy atom. The van der Waals surface area contributed by atoms with Crippen molar-refractivity contribution in [3.63, 3.8) is 0 Å². The first-order valence-corrected chi connectivity index (χ1v) is 5.03. The number of benzene rings is 1. The number of phenols is 1. The lowest BCUT2D eigenvalue weighted by Gasteiger charge is -2.13. The molecule has 0 atom stereocenters. The quantitative estimate of drug-likeness (QED) is 0.801. The second kappa shape index (κ2) is 4.36. The van der Waals surface area contributed by atoms with Crippen LogP contribution in [0.1, 0.15) is 31.9 Å². The molecule has 0 aliphatic carbocycles. The Morgan fingerprint density at radius 2 is 2.00 bits per heavy atom. The Kier molecular flexibility index (Phi) is 3.39. The van der Waals surface area contributed by atoms with Crippen LogP contribution in [0.2, 0.25) is 0 Å². The fourth-order valence-electron chi connectivity index (χ4n) is 1.43. The minimum atomic E-state index is 0.170. The van der Waals surface area contributed by atoms with Gasteiger partial charge in [-0.1, -0.05) is 6.92 Å². The van der Waals surface area contributed by atoms with E-state index in [0.29, 0.717) is 5.75 Å². The summed E-state index contributed by atoms with van der Waals surface area (Å²) in [5.74, 6) is 1.23. The van der Waals surface area contributed by atoms with Crippen molar-refractivity contribution in [2.24, 2.45) is 0 Å². The van der Waals surface area contributed by atoms with Crippen LogP contribution in [0.25, 0.3) is 0 Å². The van der Waals surface area contributed by atoms with Gasteiger partial charge < -0.3 is 9.84 Å². The van der Waals surface area contributed by atoms with Crippen LogP contribution in [0, 0.1) is 6.92 Å². The van der Waals surface area contributed by atoms with E-state index in [2.05, 4.69) is 0 Å². The number of ether oxygens (including phenoxy) is 1. The van der Waals surface area contributed by atoms with E-state index in [1.807, 2.05) is 39.8 Å². The molecule has 14 heavy (non-hydrogen) atoms. The summed E-state index contributed by atoms with van der Waals surface area (Å²) in [5, 5.41) is 9.70. The minimum absolute atomic E-state index is 0.170. The summed E-state index contributed by atoms with van der Waals surface area (Å²) in [6.45, 7) is 7.90. The number of hydrogen-bond acceptors (Lipinski definition) is 2. The Bertz CT molecular complexity index is 316. The van der Waals surface area contributed by atoms with Crippen LogP contribution in [0.3, 0.4) is 0 Å². The second-order valence-corrected chi connectivity index (χ2v) is 3.77. The fraction of sp³-hybridized carbons (Fsp3) is 0.500. The first-order chi connectivity index (χ1) is 6.54. The molecule has 0 aromatic heterocycles. The summed E-state index contributed by atoms with van der Waals surface area (Å²) >= 11 is 0. The van der Waals surface area contributed by atoms with Gasteiger partial charge in [0.05, 0.1) is 6.10 Å². The summed E-state index contributed by atoms with van der Waals surface area (Å²) in [7, 11) is 0. The normalized spacial score (nSPS) is 10.6. The molecule has 1 N–H and O–H groups in total. The molecule has 78 valence electrons. The van der Waals surface area contributed by atoms with Gasteiger partial charge in [0.15, 0.2) is 0 Å². The summed E-state index contributed by atoms with van der Waals surface area (Å²) in [4.78, 5) is 0. The molecule has 2 nitrogen and oxygen atoms in total. The Balaban J connectivity index is 3.03. The van der Waals surface area contributed by atoms with Crippen molar-refractivity contribution < 1.29 is 9.84 Å². The van der Waals surface area contributed by atoms with E-state index in [1.54, 1.807) is 0 Å². The molecule has 0 aliphatic heterocycles. The van der Waals surface area contributed by atoms with Gasteiger partial charge in [0, 0.05) is 0 Å². The lowest BCUT2D eigenvalue weighted by Crippen LogP contribution is -2.06. The smallest absolute Gasteiger partial charge is 0.121 e. The first kappa shape index (κ1) is 10.9. The average Bonchev–Trinajstić information content (AvgIpc) is 2.10. The third kappa shape index (κ3) is 2.41. The van der Waals surface area contributed by atoms with Gasteiger partial charge in [-0.2, -0.15) is 0 Å². The molecule has 0 saturated carbocycles. The summed E-state index contributed by atoms with van der Waals surface area (Å²) in [6, 6.07) is 3.77. The Labute approximate surface area is 85.5 Å². The maximum absolute atomic E-state index is 9.70. The van der Waals surface area contributed by atoms with Crippen LogP contribution in [-0.4, -0.2) is 11.2 Å². The van der Waals surface area contributed by atoms with E-state index in [4.69, 9.17) is 4.74 Å². The monoisotopic (exact) mass is 194 g/mol. The van der Waals surface area contributed by atoms with Gasteiger partial charge in [0.25, 0.3) is 0 Å². The van der Waals surface area contributed by atoms with E-state index in [0.717, 1.165) is 23.3 Å². The molecule has 0 fully saturated rings. The number of aryl methyl sites for hydroxylation is 2. The molecule has 1 aromatic carbocycles. The number of hydrogen-bond donors (Lipinski definition) is 1. The minimum Gasteiger partial charge on any atom is -0.507 e. The zero-order valence-corrected chi connectivity index (χ0v) is 9.29. The molecular weight excluding hydrogens is 176 g/mol. The predicted octanol–water partition coefficient (Wildman–Crippen LogP) is 3.05. The van der Waals surface area contributed by atoms with Gasteiger partial charge in [-0.15, -0.1) is 0 Å². The van der Waals surface area contributed by atoms with Crippen LogP contribution in [0.5, 0.6) is 11.5 Å². The molecule has 0 spiro atoms. The van der Waals surface area contributed by atoms with E-state index >= 15 is 0 Å². The molecule has 0 heterocycles. The lowest BCUT2D eigenvalue weighted by atomic mass is 10.1. The zero-order chi connectivity index (χ0) is 10.7. The predicted molar refractivity (Wildman–Crippen MR) is 58.0 cm³/mol. The van der Waals surface area contributed by atoms with Gasteiger partial charge in [-0.25, -0.2) is 0 Å². The third-order valence-electron chi connectivity index (χ3n) is 2.11. The van der Waals surface area contributed by atoms with Gasteiger partial charge in [-0.3, -0.25) is 0 Å².